The predicted molar refractivity (Wildman–Crippen MR) is 70.1 cm³/mol. The number of ether oxygens (including phenoxy) is 1. The van der Waals surface area contributed by atoms with Crippen molar-refractivity contribution in [2.24, 2.45) is 0 Å². The number of esters is 1. The van der Waals surface area contributed by atoms with Gasteiger partial charge in [-0.3, -0.25) is 4.79 Å². The Bertz CT molecular complexity index is 384. The molecular formula is C15H22O2. The molecule has 0 saturated carbocycles. The number of carbonyl (C=O) groups is 1. The van der Waals surface area contributed by atoms with Gasteiger partial charge < -0.3 is 4.74 Å². The number of fused-ring (bicyclic) bond motifs is 1. The summed E-state index contributed by atoms with van der Waals surface area (Å²) >= 11 is 0. The topological polar surface area (TPSA) is 26.3 Å². The highest BCUT2D eigenvalue weighted by molar-refractivity contribution is 5.83. The SMILES string of the molecule is CC.COC(=O)C1(C)CCCc2ccccc21. The molecule has 0 spiro atoms. The molecule has 2 nitrogen and oxygen atoms in total. The van der Waals surface area contributed by atoms with Gasteiger partial charge in [-0.1, -0.05) is 38.1 Å². The summed E-state index contributed by atoms with van der Waals surface area (Å²) < 4.78 is 4.91. The minimum atomic E-state index is -0.441. The summed E-state index contributed by atoms with van der Waals surface area (Å²) in [5.74, 6) is -0.116. The van der Waals surface area contributed by atoms with E-state index in [1.165, 1.54) is 12.7 Å². The van der Waals surface area contributed by atoms with Crippen LogP contribution in [0.2, 0.25) is 0 Å². The van der Waals surface area contributed by atoms with Gasteiger partial charge in [0.05, 0.1) is 12.5 Å². The Labute approximate surface area is 104 Å². The van der Waals surface area contributed by atoms with Crippen molar-refractivity contribution in [3.05, 3.63) is 35.4 Å². The van der Waals surface area contributed by atoms with Gasteiger partial charge >= 0.3 is 5.97 Å². The molecule has 94 valence electrons. The first kappa shape index (κ1) is 13.8. The summed E-state index contributed by atoms with van der Waals surface area (Å²) in [5.41, 5.74) is 1.99. The van der Waals surface area contributed by atoms with E-state index in [1.807, 2.05) is 39.0 Å². The first-order valence-electron chi connectivity index (χ1n) is 6.35. The number of aryl methyl sites for hydroxylation is 1. The Morgan fingerprint density at radius 3 is 2.59 bits per heavy atom. The van der Waals surface area contributed by atoms with Crippen LogP contribution in [-0.4, -0.2) is 13.1 Å². The molecule has 0 radical (unpaired) electrons. The first-order chi connectivity index (χ1) is 8.18. The van der Waals surface area contributed by atoms with Gasteiger partial charge in [-0.05, 0) is 37.3 Å². The largest absolute Gasteiger partial charge is 0.468 e. The summed E-state index contributed by atoms with van der Waals surface area (Å²) in [6, 6.07) is 8.17. The fourth-order valence-corrected chi connectivity index (χ4v) is 2.48. The molecule has 0 fully saturated rings. The van der Waals surface area contributed by atoms with Crippen LogP contribution in [0.3, 0.4) is 0 Å². The van der Waals surface area contributed by atoms with E-state index in [0.717, 1.165) is 24.8 Å². The molecule has 2 rings (SSSR count). The lowest BCUT2D eigenvalue weighted by molar-refractivity contribution is -0.147. The standard InChI is InChI=1S/C13H16O2.C2H6/c1-13(12(14)15-2)9-5-7-10-6-3-4-8-11(10)13;1-2/h3-4,6,8H,5,7,9H2,1-2H3;1-2H3. The number of methoxy groups -OCH3 is 1. The minimum absolute atomic E-state index is 0.116. The van der Waals surface area contributed by atoms with Crippen molar-refractivity contribution < 1.29 is 9.53 Å². The second kappa shape index (κ2) is 5.85. The molecule has 1 aliphatic carbocycles. The number of rotatable bonds is 1. The minimum Gasteiger partial charge on any atom is -0.468 e. The molecule has 0 aliphatic heterocycles. The number of hydrogen-bond acceptors (Lipinski definition) is 2. The predicted octanol–water partition coefficient (Wildman–Crippen LogP) is 3.48. The van der Waals surface area contributed by atoms with Crippen molar-refractivity contribution >= 4 is 5.97 Å². The monoisotopic (exact) mass is 234 g/mol. The van der Waals surface area contributed by atoms with E-state index in [4.69, 9.17) is 4.74 Å². The lowest BCUT2D eigenvalue weighted by Gasteiger charge is -2.33. The molecule has 1 aliphatic rings. The lowest BCUT2D eigenvalue weighted by atomic mass is 9.71. The molecule has 0 saturated heterocycles. The highest BCUT2D eigenvalue weighted by atomic mass is 16.5. The summed E-state index contributed by atoms with van der Waals surface area (Å²) in [7, 11) is 1.46. The average Bonchev–Trinajstić information content (AvgIpc) is 2.40. The zero-order valence-electron chi connectivity index (χ0n) is 11.2. The highest BCUT2D eigenvalue weighted by Gasteiger charge is 2.39. The van der Waals surface area contributed by atoms with Gasteiger partial charge in [-0.25, -0.2) is 0 Å². The van der Waals surface area contributed by atoms with E-state index in [1.54, 1.807) is 0 Å². The molecule has 1 aromatic carbocycles. The van der Waals surface area contributed by atoms with Gasteiger partial charge in [0.1, 0.15) is 0 Å². The molecule has 0 bridgehead atoms. The number of carbonyl (C=O) groups excluding carboxylic acids is 1. The maximum absolute atomic E-state index is 11.8. The van der Waals surface area contributed by atoms with Gasteiger partial charge in [0.15, 0.2) is 0 Å². The second-order valence-electron chi connectivity index (χ2n) is 4.33. The molecule has 2 heteroatoms. The maximum atomic E-state index is 11.8. The van der Waals surface area contributed by atoms with E-state index in [9.17, 15) is 4.79 Å². The zero-order valence-corrected chi connectivity index (χ0v) is 11.2. The third-order valence-corrected chi connectivity index (χ3v) is 3.37. The molecular weight excluding hydrogens is 212 g/mol. The number of hydrogen-bond donors (Lipinski definition) is 0. The molecule has 0 aromatic heterocycles. The summed E-state index contributed by atoms with van der Waals surface area (Å²) in [6.45, 7) is 5.98. The van der Waals surface area contributed by atoms with Crippen LogP contribution in [-0.2, 0) is 21.4 Å². The smallest absolute Gasteiger partial charge is 0.316 e. The van der Waals surface area contributed by atoms with E-state index < -0.39 is 5.41 Å². The summed E-state index contributed by atoms with van der Waals surface area (Å²) in [5, 5.41) is 0. The van der Waals surface area contributed by atoms with E-state index >= 15 is 0 Å². The van der Waals surface area contributed by atoms with Crippen LogP contribution in [0.15, 0.2) is 24.3 Å². The van der Waals surface area contributed by atoms with Gasteiger partial charge in [0, 0.05) is 0 Å². The quantitative estimate of drug-likeness (QED) is 0.695. The average molecular weight is 234 g/mol. The van der Waals surface area contributed by atoms with E-state index in [0.29, 0.717) is 0 Å². The third kappa shape index (κ3) is 2.51. The molecule has 1 aromatic rings. The Kier molecular flexibility index (Phi) is 4.73. The fourth-order valence-electron chi connectivity index (χ4n) is 2.48. The van der Waals surface area contributed by atoms with Crippen LogP contribution in [0.4, 0.5) is 0 Å². The van der Waals surface area contributed by atoms with Crippen LogP contribution in [0.25, 0.3) is 0 Å². The van der Waals surface area contributed by atoms with Crippen molar-refractivity contribution in [2.45, 2.75) is 45.4 Å². The van der Waals surface area contributed by atoms with Crippen molar-refractivity contribution in [3.8, 4) is 0 Å². The highest BCUT2D eigenvalue weighted by Crippen LogP contribution is 2.37. The fraction of sp³-hybridized carbons (Fsp3) is 0.533. The Morgan fingerprint density at radius 2 is 1.94 bits per heavy atom. The van der Waals surface area contributed by atoms with Crippen molar-refractivity contribution in [3.63, 3.8) is 0 Å². The third-order valence-electron chi connectivity index (χ3n) is 3.37. The molecule has 17 heavy (non-hydrogen) atoms. The number of benzene rings is 1. The van der Waals surface area contributed by atoms with Gasteiger partial charge in [0.25, 0.3) is 0 Å². The van der Waals surface area contributed by atoms with Crippen LogP contribution in [0.1, 0.15) is 44.7 Å². The first-order valence-corrected chi connectivity index (χ1v) is 6.35. The van der Waals surface area contributed by atoms with Gasteiger partial charge in [-0.2, -0.15) is 0 Å². The summed E-state index contributed by atoms with van der Waals surface area (Å²) in [6.07, 6.45) is 3.02. The van der Waals surface area contributed by atoms with Crippen LogP contribution in [0.5, 0.6) is 0 Å². The van der Waals surface area contributed by atoms with Crippen LogP contribution < -0.4 is 0 Å². The van der Waals surface area contributed by atoms with Crippen LogP contribution in [0, 0.1) is 0 Å². The molecule has 1 unspecified atom stereocenters. The van der Waals surface area contributed by atoms with E-state index in [2.05, 4.69) is 6.07 Å². The van der Waals surface area contributed by atoms with Crippen LogP contribution >= 0.6 is 0 Å². The van der Waals surface area contributed by atoms with Gasteiger partial charge in [0.2, 0.25) is 0 Å². The second-order valence-corrected chi connectivity index (χ2v) is 4.33. The molecule has 0 N–H and O–H groups in total. The Balaban J connectivity index is 0.000000686. The molecule has 0 heterocycles. The normalized spacial score (nSPS) is 21.9. The maximum Gasteiger partial charge on any atom is 0.316 e. The Morgan fingerprint density at radius 1 is 1.29 bits per heavy atom. The van der Waals surface area contributed by atoms with Crippen molar-refractivity contribution in [1.82, 2.24) is 0 Å². The van der Waals surface area contributed by atoms with E-state index in [-0.39, 0.29) is 5.97 Å². The molecule has 1 atom stereocenters. The van der Waals surface area contributed by atoms with Gasteiger partial charge in [-0.15, -0.1) is 0 Å². The Hall–Kier alpha value is -1.31. The van der Waals surface area contributed by atoms with Crippen molar-refractivity contribution in [1.29, 1.82) is 0 Å². The lowest BCUT2D eigenvalue weighted by Crippen LogP contribution is -2.37. The molecule has 0 amide bonds. The van der Waals surface area contributed by atoms with Crippen molar-refractivity contribution in [2.75, 3.05) is 7.11 Å². The summed E-state index contributed by atoms with van der Waals surface area (Å²) in [4.78, 5) is 11.8. The zero-order chi connectivity index (χ0) is 12.9.